The van der Waals surface area contributed by atoms with Crippen molar-refractivity contribution in [3.63, 3.8) is 0 Å². The van der Waals surface area contributed by atoms with Gasteiger partial charge in [-0.05, 0) is 47.6 Å². The Morgan fingerprint density at radius 3 is 2.54 bits per heavy atom. The van der Waals surface area contributed by atoms with Gasteiger partial charge in [-0.15, -0.1) is 0 Å². The summed E-state index contributed by atoms with van der Waals surface area (Å²) in [4.78, 5) is 5.13. The molecule has 0 saturated heterocycles. The average molecular weight is 403 g/mol. The van der Waals surface area contributed by atoms with Gasteiger partial charge in [-0.1, -0.05) is 110 Å². The molecule has 0 spiro atoms. The monoisotopic (exact) mass is 402 g/mol. The van der Waals surface area contributed by atoms with Crippen LogP contribution >= 0.6 is 23.5 Å². The van der Waals surface area contributed by atoms with E-state index >= 15 is 0 Å². The molecule has 1 aliphatic rings. The lowest BCUT2D eigenvalue weighted by Gasteiger charge is -2.08. The van der Waals surface area contributed by atoms with E-state index in [4.69, 9.17) is 0 Å². The highest BCUT2D eigenvalue weighted by Crippen LogP contribution is 2.49. The van der Waals surface area contributed by atoms with Gasteiger partial charge >= 0.3 is 0 Å². The minimum absolute atomic E-state index is 0.538. The molecule has 2 aromatic rings. The number of benzene rings is 2. The second-order valence-corrected chi connectivity index (χ2v) is 8.92. The Bertz CT molecular complexity index is 944. The maximum Gasteiger partial charge on any atom is 0.0161 e. The highest BCUT2D eigenvalue weighted by atomic mass is 32.2. The van der Waals surface area contributed by atoms with E-state index in [1.807, 2.05) is 23.9 Å². The molecule has 3 rings (SSSR count). The number of hydrogen-bond donors (Lipinski definition) is 0. The molecule has 1 aliphatic heterocycles. The highest BCUT2D eigenvalue weighted by molar-refractivity contribution is 8.03. The lowest BCUT2D eigenvalue weighted by molar-refractivity contribution is 0.792. The predicted molar refractivity (Wildman–Crippen MR) is 127 cm³/mol. The van der Waals surface area contributed by atoms with E-state index in [1.165, 1.54) is 25.8 Å². The zero-order valence-electron chi connectivity index (χ0n) is 16.5. The van der Waals surface area contributed by atoms with Gasteiger partial charge in [0.1, 0.15) is 0 Å². The summed E-state index contributed by atoms with van der Waals surface area (Å²) in [5.41, 5.74) is 2.75. The Morgan fingerprint density at radius 2 is 1.71 bits per heavy atom. The van der Waals surface area contributed by atoms with Gasteiger partial charge in [0.05, 0.1) is 0 Å². The topological polar surface area (TPSA) is 0 Å². The van der Waals surface area contributed by atoms with E-state index in [0.717, 1.165) is 11.3 Å². The molecule has 1 unspecified atom stereocenters. The molecule has 0 radical (unpaired) electrons. The normalized spacial score (nSPS) is 17.9. The fourth-order valence-corrected chi connectivity index (χ4v) is 5.25. The van der Waals surface area contributed by atoms with Crippen LogP contribution in [0.15, 0.2) is 117 Å². The zero-order valence-corrected chi connectivity index (χ0v) is 18.1. The first-order chi connectivity index (χ1) is 13.7. The minimum Gasteiger partial charge on any atom is -0.0936 e. The van der Waals surface area contributed by atoms with Crippen LogP contribution in [-0.2, 0) is 0 Å². The summed E-state index contributed by atoms with van der Waals surface area (Å²) in [6.45, 7) is 8.52. The molecule has 2 aromatic carbocycles. The molecule has 0 amide bonds. The third-order valence-corrected chi connectivity index (χ3v) is 6.92. The summed E-state index contributed by atoms with van der Waals surface area (Å²) in [6, 6.07) is 17.1. The fraction of sp³-hybridized carbons (Fsp3) is 0.154. The molecule has 142 valence electrons. The SMILES string of the molecule is C=C(/C=C/C=C/C=C/C=C1\Sc2ccccc2C1CC)Sc1ccccc1C. The van der Waals surface area contributed by atoms with Gasteiger partial charge in [-0.25, -0.2) is 0 Å². The van der Waals surface area contributed by atoms with Gasteiger partial charge in [-0.3, -0.25) is 0 Å². The summed E-state index contributed by atoms with van der Waals surface area (Å²) in [5.74, 6) is 0.538. The first-order valence-electron chi connectivity index (χ1n) is 9.59. The van der Waals surface area contributed by atoms with Crippen LogP contribution in [0, 0.1) is 6.92 Å². The second-order valence-electron chi connectivity index (χ2n) is 6.63. The van der Waals surface area contributed by atoms with Crippen molar-refractivity contribution in [3.05, 3.63) is 119 Å². The highest BCUT2D eigenvalue weighted by Gasteiger charge is 2.25. The molecular weight excluding hydrogens is 376 g/mol. The summed E-state index contributed by atoms with van der Waals surface area (Å²) in [7, 11) is 0. The number of aryl methyl sites for hydroxylation is 1. The van der Waals surface area contributed by atoms with E-state index < -0.39 is 0 Å². The first-order valence-corrected chi connectivity index (χ1v) is 11.2. The third kappa shape index (κ3) is 5.43. The van der Waals surface area contributed by atoms with Gasteiger partial charge in [0.25, 0.3) is 0 Å². The summed E-state index contributed by atoms with van der Waals surface area (Å²) in [5, 5.41) is 0. The van der Waals surface area contributed by atoms with Crippen LogP contribution in [0.2, 0.25) is 0 Å². The molecule has 0 aliphatic carbocycles. The first kappa shape index (κ1) is 20.6. The largest absolute Gasteiger partial charge is 0.0936 e. The van der Waals surface area contributed by atoms with Crippen molar-refractivity contribution in [1.82, 2.24) is 0 Å². The van der Waals surface area contributed by atoms with Crippen molar-refractivity contribution in [3.8, 4) is 0 Å². The van der Waals surface area contributed by atoms with E-state index in [-0.39, 0.29) is 0 Å². The Hall–Kier alpha value is -2.16. The summed E-state index contributed by atoms with van der Waals surface area (Å²) < 4.78 is 0. The van der Waals surface area contributed by atoms with E-state index in [2.05, 4.69) is 99.3 Å². The van der Waals surface area contributed by atoms with Crippen LogP contribution in [0.4, 0.5) is 0 Å². The van der Waals surface area contributed by atoms with E-state index in [9.17, 15) is 0 Å². The smallest absolute Gasteiger partial charge is 0.0161 e. The van der Waals surface area contributed by atoms with Crippen molar-refractivity contribution in [2.24, 2.45) is 0 Å². The van der Waals surface area contributed by atoms with Crippen molar-refractivity contribution >= 4 is 23.5 Å². The molecule has 1 atom stereocenters. The maximum absolute atomic E-state index is 4.13. The molecule has 0 nitrogen and oxygen atoms in total. The fourth-order valence-electron chi connectivity index (χ4n) is 3.14. The molecule has 2 heteroatoms. The molecule has 0 bridgehead atoms. The average Bonchev–Trinajstić information content (AvgIpc) is 3.06. The molecule has 1 heterocycles. The van der Waals surface area contributed by atoms with Gasteiger partial charge in [0, 0.05) is 20.6 Å². The van der Waals surface area contributed by atoms with Crippen LogP contribution < -0.4 is 0 Å². The number of hydrogen-bond acceptors (Lipinski definition) is 2. The van der Waals surface area contributed by atoms with Crippen molar-refractivity contribution in [2.45, 2.75) is 36.0 Å². The van der Waals surface area contributed by atoms with E-state index in [1.54, 1.807) is 11.8 Å². The number of thioether (sulfide) groups is 2. The predicted octanol–water partition coefficient (Wildman–Crippen LogP) is 8.45. The van der Waals surface area contributed by atoms with Crippen molar-refractivity contribution in [1.29, 1.82) is 0 Å². The Labute approximate surface area is 177 Å². The molecule has 0 saturated carbocycles. The number of fused-ring (bicyclic) bond motifs is 1. The van der Waals surface area contributed by atoms with Crippen LogP contribution in [0.3, 0.4) is 0 Å². The Kier molecular flexibility index (Phi) is 7.64. The molecular formula is C26H26S2. The molecule has 0 aromatic heterocycles. The lowest BCUT2D eigenvalue weighted by atomic mass is 9.96. The van der Waals surface area contributed by atoms with Crippen molar-refractivity contribution in [2.75, 3.05) is 0 Å². The Morgan fingerprint density at radius 1 is 1.00 bits per heavy atom. The van der Waals surface area contributed by atoms with Gasteiger partial charge in [-0.2, -0.15) is 0 Å². The van der Waals surface area contributed by atoms with Crippen LogP contribution in [0.1, 0.15) is 30.4 Å². The standard InChI is InChI=1S/C26H26S2/c1-4-22-23-16-11-13-19-26(23)28-25(22)18-9-7-5-6-8-15-21(3)27-24-17-12-10-14-20(24)2/h5-19,22H,3-4H2,1-2H3/b6-5+,9-7+,15-8+,25-18-. The third-order valence-electron chi connectivity index (χ3n) is 4.60. The quantitative estimate of drug-likeness (QED) is 0.336. The number of rotatable bonds is 7. The van der Waals surface area contributed by atoms with Gasteiger partial charge < -0.3 is 0 Å². The van der Waals surface area contributed by atoms with Crippen LogP contribution in [0.5, 0.6) is 0 Å². The lowest BCUT2D eigenvalue weighted by Crippen LogP contribution is -1.92. The molecule has 0 N–H and O–H groups in total. The Balaban J connectivity index is 1.51. The summed E-state index contributed by atoms with van der Waals surface area (Å²) in [6.07, 6.45) is 15.8. The van der Waals surface area contributed by atoms with Crippen LogP contribution in [-0.4, -0.2) is 0 Å². The number of allylic oxidation sites excluding steroid dienone is 8. The van der Waals surface area contributed by atoms with Crippen molar-refractivity contribution < 1.29 is 0 Å². The molecule has 0 fully saturated rings. The minimum atomic E-state index is 0.538. The zero-order chi connectivity index (χ0) is 19.8. The van der Waals surface area contributed by atoms with E-state index in [0.29, 0.717) is 5.92 Å². The second kappa shape index (κ2) is 10.4. The van der Waals surface area contributed by atoms with Gasteiger partial charge in [0.2, 0.25) is 0 Å². The maximum atomic E-state index is 4.13. The molecule has 28 heavy (non-hydrogen) atoms. The van der Waals surface area contributed by atoms with Gasteiger partial charge in [0.15, 0.2) is 0 Å². The van der Waals surface area contributed by atoms with Crippen LogP contribution in [0.25, 0.3) is 0 Å². The summed E-state index contributed by atoms with van der Waals surface area (Å²) >= 11 is 3.61.